The Morgan fingerprint density at radius 3 is 2.51 bits per heavy atom. The standard InChI is InChI=1S/C30H30FN3O3/c31-24-10-8-22(9-11-24)21-32-25-5-3-4-23(20-25)30(35)33-28-12-13-29(27-7-2-1-6-26(27)28)37-19-16-34-14-17-36-18-15-34/h1-13,20,32H,14-19,21H2,(H,33,35). The van der Waals surface area contributed by atoms with Gasteiger partial charge in [0.15, 0.2) is 0 Å². The van der Waals surface area contributed by atoms with Crippen molar-refractivity contribution in [3.8, 4) is 5.75 Å². The van der Waals surface area contributed by atoms with Gasteiger partial charge in [-0.05, 0) is 48.0 Å². The summed E-state index contributed by atoms with van der Waals surface area (Å²) < 4.78 is 24.7. The summed E-state index contributed by atoms with van der Waals surface area (Å²) in [5, 5.41) is 8.22. The van der Waals surface area contributed by atoms with Crippen molar-refractivity contribution in [3.63, 3.8) is 0 Å². The Morgan fingerprint density at radius 1 is 0.919 bits per heavy atom. The number of nitrogens with one attached hydrogen (secondary N) is 2. The normalized spacial score (nSPS) is 13.9. The minimum absolute atomic E-state index is 0.198. The first-order valence-electron chi connectivity index (χ1n) is 12.5. The lowest BCUT2D eigenvalue weighted by Crippen LogP contribution is -2.38. The van der Waals surface area contributed by atoms with E-state index >= 15 is 0 Å². The van der Waals surface area contributed by atoms with Crippen molar-refractivity contribution in [2.24, 2.45) is 0 Å². The summed E-state index contributed by atoms with van der Waals surface area (Å²) in [4.78, 5) is 15.5. The van der Waals surface area contributed by atoms with Crippen molar-refractivity contribution in [2.75, 3.05) is 50.1 Å². The molecule has 0 atom stereocenters. The van der Waals surface area contributed by atoms with Crippen LogP contribution in [-0.2, 0) is 11.3 Å². The predicted octanol–water partition coefficient (Wildman–Crippen LogP) is 5.55. The summed E-state index contributed by atoms with van der Waals surface area (Å²) in [5.74, 6) is 0.341. The van der Waals surface area contributed by atoms with Crippen molar-refractivity contribution in [1.82, 2.24) is 4.90 Å². The fraction of sp³-hybridized carbons (Fsp3) is 0.233. The molecule has 7 heteroatoms. The van der Waals surface area contributed by atoms with Gasteiger partial charge in [-0.1, -0.05) is 42.5 Å². The fourth-order valence-electron chi connectivity index (χ4n) is 4.39. The van der Waals surface area contributed by atoms with Gasteiger partial charge in [-0.2, -0.15) is 0 Å². The Kier molecular flexibility index (Phi) is 7.93. The lowest BCUT2D eigenvalue weighted by molar-refractivity contribution is 0.0323. The van der Waals surface area contributed by atoms with Crippen LogP contribution in [0.4, 0.5) is 15.8 Å². The molecule has 1 amide bonds. The van der Waals surface area contributed by atoms with Crippen LogP contribution in [0, 0.1) is 5.82 Å². The van der Waals surface area contributed by atoms with E-state index < -0.39 is 0 Å². The van der Waals surface area contributed by atoms with Crippen LogP contribution in [0.3, 0.4) is 0 Å². The van der Waals surface area contributed by atoms with Crippen molar-refractivity contribution in [3.05, 3.63) is 102 Å². The average Bonchev–Trinajstić information content (AvgIpc) is 2.94. The number of halogens is 1. The Balaban J connectivity index is 1.25. The molecular weight excluding hydrogens is 469 g/mol. The minimum atomic E-state index is -0.262. The first-order valence-corrected chi connectivity index (χ1v) is 12.5. The minimum Gasteiger partial charge on any atom is -0.492 e. The number of fused-ring (bicyclic) bond motifs is 1. The summed E-state index contributed by atoms with van der Waals surface area (Å²) >= 11 is 0. The van der Waals surface area contributed by atoms with E-state index in [4.69, 9.17) is 9.47 Å². The molecule has 6 nitrogen and oxygen atoms in total. The second-order valence-corrected chi connectivity index (χ2v) is 8.97. The Morgan fingerprint density at radius 2 is 1.70 bits per heavy atom. The van der Waals surface area contributed by atoms with E-state index in [2.05, 4.69) is 15.5 Å². The van der Waals surface area contributed by atoms with E-state index in [0.29, 0.717) is 18.7 Å². The number of ether oxygens (including phenoxy) is 2. The van der Waals surface area contributed by atoms with Gasteiger partial charge in [0.25, 0.3) is 5.91 Å². The number of morpholine rings is 1. The third kappa shape index (κ3) is 6.44. The molecule has 4 aromatic rings. The average molecular weight is 500 g/mol. The van der Waals surface area contributed by atoms with E-state index in [0.717, 1.165) is 66.3 Å². The molecule has 0 aromatic heterocycles. The third-order valence-corrected chi connectivity index (χ3v) is 6.44. The Hall–Kier alpha value is -3.94. The van der Waals surface area contributed by atoms with E-state index in [9.17, 15) is 9.18 Å². The molecule has 1 heterocycles. The number of carbonyl (C=O) groups excluding carboxylic acids is 1. The number of rotatable bonds is 9. The fourth-order valence-corrected chi connectivity index (χ4v) is 4.39. The van der Waals surface area contributed by atoms with Gasteiger partial charge in [-0.3, -0.25) is 9.69 Å². The first kappa shape index (κ1) is 24.7. The molecule has 5 rings (SSSR count). The molecule has 37 heavy (non-hydrogen) atoms. The molecule has 2 N–H and O–H groups in total. The van der Waals surface area contributed by atoms with Crippen LogP contribution < -0.4 is 15.4 Å². The van der Waals surface area contributed by atoms with Crippen LogP contribution in [0.15, 0.2) is 84.9 Å². The molecule has 190 valence electrons. The van der Waals surface area contributed by atoms with Gasteiger partial charge in [0.1, 0.15) is 18.2 Å². The summed E-state index contributed by atoms with van der Waals surface area (Å²) in [6.07, 6.45) is 0. The quantitative estimate of drug-likeness (QED) is 0.316. The molecule has 1 aliphatic heterocycles. The van der Waals surface area contributed by atoms with Gasteiger partial charge in [0.2, 0.25) is 0 Å². The highest BCUT2D eigenvalue weighted by Gasteiger charge is 2.13. The zero-order valence-corrected chi connectivity index (χ0v) is 20.6. The summed E-state index contributed by atoms with van der Waals surface area (Å²) in [6, 6.07) is 25.4. The number of hydrogen-bond donors (Lipinski definition) is 2. The predicted molar refractivity (Wildman–Crippen MR) is 145 cm³/mol. The molecule has 1 aliphatic rings. The number of anilines is 2. The maximum absolute atomic E-state index is 13.1. The number of amides is 1. The van der Waals surface area contributed by atoms with E-state index in [1.165, 1.54) is 12.1 Å². The smallest absolute Gasteiger partial charge is 0.255 e. The van der Waals surface area contributed by atoms with Crippen LogP contribution in [0.25, 0.3) is 10.8 Å². The number of hydrogen-bond acceptors (Lipinski definition) is 5. The maximum Gasteiger partial charge on any atom is 0.255 e. The van der Waals surface area contributed by atoms with Crippen molar-refractivity contribution >= 4 is 28.1 Å². The SMILES string of the molecule is O=C(Nc1ccc(OCCN2CCOCC2)c2ccccc12)c1cccc(NCc2ccc(F)cc2)c1. The molecule has 0 aliphatic carbocycles. The van der Waals surface area contributed by atoms with Gasteiger partial charge in [0.05, 0.1) is 13.2 Å². The first-order chi connectivity index (χ1) is 18.2. The topological polar surface area (TPSA) is 62.8 Å². The zero-order chi connectivity index (χ0) is 25.5. The highest BCUT2D eigenvalue weighted by Crippen LogP contribution is 2.32. The van der Waals surface area contributed by atoms with Crippen molar-refractivity contribution < 1.29 is 18.7 Å². The van der Waals surface area contributed by atoms with Gasteiger partial charge < -0.3 is 20.1 Å². The maximum atomic E-state index is 13.1. The van der Waals surface area contributed by atoms with Gasteiger partial charge in [-0.15, -0.1) is 0 Å². The van der Waals surface area contributed by atoms with Crippen LogP contribution in [-0.4, -0.2) is 50.3 Å². The van der Waals surface area contributed by atoms with Crippen LogP contribution in [0.1, 0.15) is 15.9 Å². The second-order valence-electron chi connectivity index (χ2n) is 8.97. The zero-order valence-electron chi connectivity index (χ0n) is 20.6. The summed E-state index contributed by atoms with van der Waals surface area (Å²) in [7, 11) is 0. The van der Waals surface area contributed by atoms with Crippen LogP contribution in [0.5, 0.6) is 5.75 Å². The molecule has 1 fully saturated rings. The lowest BCUT2D eigenvalue weighted by atomic mass is 10.1. The van der Waals surface area contributed by atoms with Gasteiger partial charge in [-0.25, -0.2) is 4.39 Å². The molecule has 4 aromatic carbocycles. The highest BCUT2D eigenvalue weighted by atomic mass is 19.1. The lowest BCUT2D eigenvalue weighted by Gasteiger charge is -2.26. The molecule has 0 bridgehead atoms. The van der Waals surface area contributed by atoms with Gasteiger partial charge >= 0.3 is 0 Å². The number of benzene rings is 4. The van der Waals surface area contributed by atoms with Crippen LogP contribution >= 0.6 is 0 Å². The van der Waals surface area contributed by atoms with E-state index in [1.54, 1.807) is 18.2 Å². The number of nitrogens with zero attached hydrogens (tertiary/aromatic N) is 1. The Bertz CT molecular complexity index is 1350. The molecule has 0 unspecified atom stereocenters. The monoisotopic (exact) mass is 499 g/mol. The summed E-state index contributed by atoms with van der Waals surface area (Å²) in [6.45, 7) is 5.36. The largest absolute Gasteiger partial charge is 0.492 e. The van der Waals surface area contributed by atoms with Crippen molar-refractivity contribution in [1.29, 1.82) is 0 Å². The van der Waals surface area contributed by atoms with Gasteiger partial charge in [0, 0.05) is 53.9 Å². The molecular formula is C30H30FN3O3. The number of carbonyl (C=O) groups is 1. The molecule has 0 saturated carbocycles. The van der Waals surface area contributed by atoms with E-state index in [-0.39, 0.29) is 11.7 Å². The third-order valence-electron chi connectivity index (χ3n) is 6.44. The Labute approximate surface area is 216 Å². The molecule has 0 spiro atoms. The second kappa shape index (κ2) is 11.9. The summed E-state index contributed by atoms with van der Waals surface area (Å²) in [5.41, 5.74) is 3.03. The molecule has 0 radical (unpaired) electrons. The van der Waals surface area contributed by atoms with Crippen LogP contribution in [0.2, 0.25) is 0 Å². The van der Waals surface area contributed by atoms with Crippen molar-refractivity contribution in [2.45, 2.75) is 6.54 Å². The highest BCUT2D eigenvalue weighted by molar-refractivity contribution is 6.10. The van der Waals surface area contributed by atoms with E-state index in [1.807, 2.05) is 54.6 Å². The molecule has 1 saturated heterocycles.